The van der Waals surface area contributed by atoms with Crippen molar-refractivity contribution in [3.05, 3.63) is 65.7 Å². The first-order valence-electron chi connectivity index (χ1n) is 6.87. The standard InChI is InChI=1S/C17H17F2NO2/c1-12(13-6-4-3-5-7-13)20(2)17(21)11-22-16-9-8-14(18)10-15(16)19/h3-10,12H,11H2,1-2H3. The third-order valence-electron chi connectivity index (χ3n) is 3.50. The molecule has 0 saturated heterocycles. The van der Waals surface area contributed by atoms with Crippen molar-refractivity contribution < 1.29 is 18.3 Å². The van der Waals surface area contributed by atoms with E-state index in [1.54, 1.807) is 7.05 Å². The van der Waals surface area contributed by atoms with Crippen LogP contribution >= 0.6 is 0 Å². The van der Waals surface area contributed by atoms with E-state index in [9.17, 15) is 13.6 Å². The van der Waals surface area contributed by atoms with Gasteiger partial charge in [0.25, 0.3) is 5.91 Å². The molecule has 2 aromatic rings. The number of rotatable bonds is 5. The number of nitrogens with zero attached hydrogens (tertiary/aromatic N) is 1. The molecular formula is C17H17F2NO2. The van der Waals surface area contributed by atoms with E-state index in [-0.39, 0.29) is 24.3 Å². The average Bonchev–Trinajstić information content (AvgIpc) is 2.53. The van der Waals surface area contributed by atoms with Crippen LogP contribution < -0.4 is 4.74 Å². The van der Waals surface area contributed by atoms with Gasteiger partial charge in [-0.15, -0.1) is 0 Å². The average molecular weight is 305 g/mol. The van der Waals surface area contributed by atoms with Crippen LogP contribution in [0.3, 0.4) is 0 Å². The van der Waals surface area contributed by atoms with Gasteiger partial charge in [-0.05, 0) is 24.6 Å². The zero-order valence-corrected chi connectivity index (χ0v) is 12.4. The second kappa shape index (κ2) is 7.02. The van der Waals surface area contributed by atoms with Crippen LogP contribution in [-0.4, -0.2) is 24.5 Å². The van der Waals surface area contributed by atoms with Crippen LogP contribution in [0, 0.1) is 11.6 Å². The number of carbonyl (C=O) groups is 1. The second-order valence-electron chi connectivity index (χ2n) is 4.95. The number of benzene rings is 2. The SMILES string of the molecule is CC(c1ccccc1)N(C)C(=O)COc1ccc(F)cc1F. The maximum Gasteiger partial charge on any atom is 0.260 e. The first-order chi connectivity index (χ1) is 10.5. The van der Waals surface area contributed by atoms with E-state index in [2.05, 4.69) is 0 Å². The molecule has 116 valence electrons. The first kappa shape index (κ1) is 15.9. The van der Waals surface area contributed by atoms with Crippen LogP contribution in [0.1, 0.15) is 18.5 Å². The van der Waals surface area contributed by atoms with Gasteiger partial charge in [0, 0.05) is 13.1 Å². The molecule has 0 bridgehead atoms. The molecule has 0 N–H and O–H groups in total. The Morgan fingerprint density at radius 3 is 2.50 bits per heavy atom. The fourth-order valence-electron chi connectivity index (χ4n) is 2.00. The van der Waals surface area contributed by atoms with Crippen molar-refractivity contribution in [3.63, 3.8) is 0 Å². The Labute approximate surface area is 128 Å². The van der Waals surface area contributed by atoms with Gasteiger partial charge in [0.1, 0.15) is 5.82 Å². The molecule has 0 aromatic heterocycles. The molecule has 0 saturated carbocycles. The topological polar surface area (TPSA) is 29.5 Å². The second-order valence-corrected chi connectivity index (χ2v) is 4.95. The summed E-state index contributed by atoms with van der Waals surface area (Å²) < 4.78 is 31.4. The van der Waals surface area contributed by atoms with E-state index in [4.69, 9.17) is 4.74 Å². The van der Waals surface area contributed by atoms with Crippen molar-refractivity contribution >= 4 is 5.91 Å². The zero-order valence-electron chi connectivity index (χ0n) is 12.4. The third-order valence-corrected chi connectivity index (χ3v) is 3.50. The van der Waals surface area contributed by atoms with E-state index in [0.29, 0.717) is 0 Å². The summed E-state index contributed by atoms with van der Waals surface area (Å²) in [5, 5.41) is 0. The van der Waals surface area contributed by atoms with E-state index < -0.39 is 11.6 Å². The van der Waals surface area contributed by atoms with Gasteiger partial charge in [0.2, 0.25) is 0 Å². The quantitative estimate of drug-likeness (QED) is 0.845. The summed E-state index contributed by atoms with van der Waals surface area (Å²) in [5.41, 5.74) is 0.992. The highest BCUT2D eigenvalue weighted by Crippen LogP contribution is 2.20. The number of hydrogen-bond acceptors (Lipinski definition) is 2. The summed E-state index contributed by atoms with van der Waals surface area (Å²) >= 11 is 0. The van der Waals surface area contributed by atoms with Crippen molar-refractivity contribution in [2.24, 2.45) is 0 Å². The summed E-state index contributed by atoms with van der Waals surface area (Å²) in [6.07, 6.45) is 0. The van der Waals surface area contributed by atoms with Crippen LogP contribution in [-0.2, 0) is 4.79 Å². The largest absolute Gasteiger partial charge is 0.481 e. The number of halogens is 2. The highest BCUT2D eigenvalue weighted by molar-refractivity contribution is 5.78. The van der Waals surface area contributed by atoms with Crippen LogP contribution in [0.2, 0.25) is 0 Å². The Balaban J connectivity index is 1.97. The predicted molar refractivity (Wildman–Crippen MR) is 79.5 cm³/mol. The number of likely N-dealkylation sites (N-methyl/N-ethyl adjacent to an activating group) is 1. The van der Waals surface area contributed by atoms with Gasteiger partial charge >= 0.3 is 0 Å². The Kier molecular flexibility index (Phi) is 5.09. The first-order valence-corrected chi connectivity index (χ1v) is 6.87. The van der Waals surface area contributed by atoms with Gasteiger partial charge in [0.05, 0.1) is 6.04 Å². The molecule has 0 aliphatic heterocycles. The Bertz CT molecular complexity index is 646. The maximum absolute atomic E-state index is 13.4. The molecule has 1 amide bonds. The van der Waals surface area contributed by atoms with Gasteiger partial charge < -0.3 is 9.64 Å². The van der Waals surface area contributed by atoms with Crippen LogP contribution in [0.5, 0.6) is 5.75 Å². The summed E-state index contributed by atoms with van der Waals surface area (Å²) in [5.74, 6) is -1.95. The monoisotopic (exact) mass is 305 g/mol. The molecule has 1 unspecified atom stereocenters. The van der Waals surface area contributed by atoms with Crippen molar-refractivity contribution in [1.29, 1.82) is 0 Å². The van der Waals surface area contributed by atoms with E-state index in [1.807, 2.05) is 37.3 Å². The summed E-state index contributed by atoms with van der Waals surface area (Å²) in [6, 6.07) is 12.4. The van der Waals surface area contributed by atoms with Crippen molar-refractivity contribution in [1.82, 2.24) is 4.90 Å². The summed E-state index contributed by atoms with van der Waals surface area (Å²) in [7, 11) is 1.66. The lowest BCUT2D eigenvalue weighted by molar-refractivity contribution is -0.134. The fraction of sp³-hybridized carbons (Fsp3) is 0.235. The summed E-state index contributed by atoms with van der Waals surface area (Å²) in [6.45, 7) is 1.59. The minimum absolute atomic E-state index is 0.129. The highest BCUT2D eigenvalue weighted by atomic mass is 19.1. The van der Waals surface area contributed by atoms with Crippen LogP contribution in [0.25, 0.3) is 0 Å². The molecule has 0 spiro atoms. The lowest BCUT2D eigenvalue weighted by Gasteiger charge is -2.25. The zero-order chi connectivity index (χ0) is 16.1. The van der Waals surface area contributed by atoms with Gasteiger partial charge in [-0.25, -0.2) is 8.78 Å². The molecule has 0 heterocycles. The predicted octanol–water partition coefficient (Wildman–Crippen LogP) is 3.56. The Hall–Kier alpha value is -2.43. The Morgan fingerprint density at radius 1 is 1.18 bits per heavy atom. The third kappa shape index (κ3) is 3.81. The molecule has 1 atom stereocenters. The molecule has 0 radical (unpaired) electrons. The molecular weight excluding hydrogens is 288 g/mol. The minimum Gasteiger partial charge on any atom is -0.481 e. The van der Waals surface area contributed by atoms with Gasteiger partial charge in [0.15, 0.2) is 18.2 Å². The van der Waals surface area contributed by atoms with E-state index in [0.717, 1.165) is 17.7 Å². The Morgan fingerprint density at radius 2 is 1.86 bits per heavy atom. The fourth-order valence-corrected chi connectivity index (χ4v) is 2.00. The molecule has 3 nitrogen and oxygen atoms in total. The minimum atomic E-state index is -0.827. The van der Waals surface area contributed by atoms with Crippen molar-refractivity contribution in [2.45, 2.75) is 13.0 Å². The van der Waals surface area contributed by atoms with Crippen molar-refractivity contribution in [2.75, 3.05) is 13.7 Å². The van der Waals surface area contributed by atoms with Gasteiger partial charge in [-0.2, -0.15) is 0 Å². The van der Waals surface area contributed by atoms with E-state index >= 15 is 0 Å². The molecule has 0 fully saturated rings. The lowest BCUT2D eigenvalue weighted by atomic mass is 10.1. The van der Waals surface area contributed by atoms with Gasteiger partial charge in [-0.1, -0.05) is 30.3 Å². The molecule has 5 heteroatoms. The number of hydrogen-bond donors (Lipinski definition) is 0. The molecule has 0 aliphatic carbocycles. The molecule has 2 rings (SSSR count). The van der Waals surface area contributed by atoms with Crippen LogP contribution in [0.15, 0.2) is 48.5 Å². The smallest absolute Gasteiger partial charge is 0.260 e. The maximum atomic E-state index is 13.4. The molecule has 22 heavy (non-hydrogen) atoms. The number of ether oxygens (including phenoxy) is 1. The van der Waals surface area contributed by atoms with Crippen molar-refractivity contribution in [3.8, 4) is 5.75 Å². The lowest BCUT2D eigenvalue weighted by Crippen LogP contribution is -2.33. The number of amides is 1. The van der Waals surface area contributed by atoms with Gasteiger partial charge in [-0.3, -0.25) is 4.79 Å². The normalized spacial score (nSPS) is 11.8. The van der Waals surface area contributed by atoms with Crippen LogP contribution in [0.4, 0.5) is 8.78 Å². The highest BCUT2D eigenvalue weighted by Gasteiger charge is 2.18. The number of carbonyl (C=O) groups excluding carboxylic acids is 1. The molecule has 2 aromatic carbocycles. The molecule has 0 aliphatic rings. The van der Waals surface area contributed by atoms with E-state index in [1.165, 1.54) is 11.0 Å². The summed E-state index contributed by atoms with van der Waals surface area (Å²) in [4.78, 5) is 13.6.